The number of fused-ring (bicyclic) bond motifs is 1. The SMILES string of the molecule is NCc1cc2c(nc1N(CCO)C1CCCC1)CCC2. The molecule has 0 atom stereocenters. The Morgan fingerprint density at radius 3 is 2.75 bits per heavy atom. The Balaban J connectivity index is 1.96. The molecule has 1 aromatic rings. The quantitative estimate of drug-likeness (QED) is 0.859. The molecule has 0 bridgehead atoms. The number of nitrogens with zero attached hydrogens (tertiary/aromatic N) is 2. The number of aliphatic hydroxyl groups is 1. The number of hydrogen-bond acceptors (Lipinski definition) is 4. The molecular formula is C16H25N3O. The molecule has 20 heavy (non-hydrogen) atoms. The number of pyridine rings is 1. The van der Waals surface area contributed by atoms with Gasteiger partial charge in [0.05, 0.1) is 6.61 Å². The molecule has 110 valence electrons. The summed E-state index contributed by atoms with van der Waals surface area (Å²) < 4.78 is 0. The lowest BCUT2D eigenvalue weighted by Gasteiger charge is -2.31. The molecule has 0 amide bonds. The van der Waals surface area contributed by atoms with Gasteiger partial charge in [-0.05, 0) is 43.7 Å². The van der Waals surface area contributed by atoms with Crippen LogP contribution in [-0.2, 0) is 19.4 Å². The van der Waals surface area contributed by atoms with Gasteiger partial charge in [0.25, 0.3) is 0 Å². The van der Waals surface area contributed by atoms with Gasteiger partial charge in [-0.1, -0.05) is 12.8 Å². The second kappa shape index (κ2) is 6.10. The van der Waals surface area contributed by atoms with E-state index in [-0.39, 0.29) is 6.61 Å². The van der Waals surface area contributed by atoms with Crippen molar-refractivity contribution < 1.29 is 5.11 Å². The maximum absolute atomic E-state index is 9.41. The molecule has 2 aliphatic carbocycles. The molecule has 0 unspecified atom stereocenters. The van der Waals surface area contributed by atoms with Crippen LogP contribution in [0.4, 0.5) is 5.82 Å². The summed E-state index contributed by atoms with van der Waals surface area (Å²) >= 11 is 0. The van der Waals surface area contributed by atoms with Gasteiger partial charge in [0.15, 0.2) is 0 Å². The molecule has 0 saturated heterocycles. The predicted octanol–water partition coefficient (Wildman–Crippen LogP) is 1.77. The van der Waals surface area contributed by atoms with Gasteiger partial charge < -0.3 is 15.7 Å². The van der Waals surface area contributed by atoms with Crippen LogP contribution >= 0.6 is 0 Å². The lowest BCUT2D eigenvalue weighted by molar-refractivity contribution is 0.296. The average molecular weight is 275 g/mol. The van der Waals surface area contributed by atoms with Crippen LogP contribution in [0.25, 0.3) is 0 Å². The van der Waals surface area contributed by atoms with Crippen molar-refractivity contribution in [3.8, 4) is 0 Å². The highest BCUT2D eigenvalue weighted by Crippen LogP contribution is 2.32. The van der Waals surface area contributed by atoms with Crippen LogP contribution in [0, 0.1) is 0 Å². The molecule has 1 heterocycles. The lowest BCUT2D eigenvalue weighted by atomic mass is 10.1. The maximum Gasteiger partial charge on any atom is 0.133 e. The van der Waals surface area contributed by atoms with Crippen LogP contribution in [0.2, 0.25) is 0 Å². The number of nitrogens with two attached hydrogens (primary N) is 1. The fraction of sp³-hybridized carbons (Fsp3) is 0.688. The third-order valence-corrected chi connectivity index (χ3v) is 4.71. The van der Waals surface area contributed by atoms with Crippen molar-refractivity contribution in [2.45, 2.75) is 57.5 Å². The minimum absolute atomic E-state index is 0.180. The number of aryl methyl sites for hydroxylation is 2. The Labute approximate surface area is 121 Å². The summed E-state index contributed by atoms with van der Waals surface area (Å²) in [7, 11) is 0. The van der Waals surface area contributed by atoms with Crippen LogP contribution in [0.3, 0.4) is 0 Å². The largest absolute Gasteiger partial charge is 0.395 e. The zero-order chi connectivity index (χ0) is 13.9. The van der Waals surface area contributed by atoms with Crippen LogP contribution in [0.1, 0.15) is 48.9 Å². The molecule has 0 spiro atoms. The Bertz CT molecular complexity index is 469. The molecule has 0 radical (unpaired) electrons. The summed E-state index contributed by atoms with van der Waals surface area (Å²) in [5.41, 5.74) is 9.72. The fourth-order valence-electron chi connectivity index (χ4n) is 3.69. The highest BCUT2D eigenvalue weighted by Gasteiger charge is 2.26. The Kier molecular flexibility index (Phi) is 4.22. The first-order valence-electron chi connectivity index (χ1n) is 7.92. The van der Waals surface area contributed by atoms with Crippen molar-refractivity contribution in [2.75, 3.05) is 18.1 Å². The maximum atomic E-state index is 9.41. The van der Waals surface area contributed by atoms with E-state index in [1.807, 2.05) is 0 Å². The van der Waals surface area contributed by atoms with Crippen LogP contribution in [0.15, 0.2) is 6.07 Å². The molecule has 1 fully saturated rings. The molecule has 3 rings (SSSR count). The van der Waals surface area contributed by atoms with Crippen molar-refractivity contribution in [3.05, 3.63) is 22.9 Å². The Morgan fingerprint density at radius 2 is 2.05 bits per heavy atom. The molecule has 2 aliphatic rings. The second-order valence-electron chi connectivity index (χ2n) is 5.99. The summed E-state index contributed by atoms with van der Waals surface area (Å²) in [5.74, 6) is 1.04. The van der Waals surface area contributed by atoms with Crippen LogP contribution in [-0.4, -0.2) is 29.3 Å². The first kappa shape index (κ1) is 13.8. The van der Waals surface area contributed by atoms with Gasteiger partial charge in [-0.25, -0.2) is 4.98 Å². The van der Waals surface area contributed by atoms with E-state index in [1.54, 1.807) is 0 Å². The summed E-state index contributed by atoms with van der Waals surface area (Å²) in [6.45, 7) is 1.38. The third-order valence-electron chi connectivity index (χ3n) is 4.71. The minimum atomic E-state index is 0.180. The smallest absolute Gasteiger partial charge is 0.133 e. The Hall–Kier alpha value is -1.13. The summed E-state index contributed by atoms with van der Waals surface area (Å²) in [6.07, 6.45) is 8.43. The standard InChI is InChI=1S/C16H25N3O/c17-11-13-10-12-4-3-7-15(12)18-16(13)19(8-9-20)14-5-1-2-6-14/h10,14,20H,1-9,11,17H2. The summed E-state index contributed by atoms with van der Waals surface area (Å²) in [4.78, 5) is 7.24. The molecule has 1 aromatic heterocycles. The van der Waals surface area contributed by atoms with E-state index in [1.165, 1.54) is 43.4 Å². The molecule has 1 saturated carbocycles. The van der Waals surface area contributed by atoms with Crippen molar-refractivity contribution in [3.63, 3.8) is 0 Å². The van der Waals surface area contributed by atoms with Crippen molar-refractivity contribution in [1.82, 2.24) is 4.98 Å². The number of aliphatic hydroxyl groups excluding tert-OH is 1. The van der Waals surface area contributed by atoms with E-state index in [2.05, 4.69) is 11.0 Å². The molecule has 4 heteroatoms. The van der Waals surface area contributed by atoms with E-state index >= 15 is 0 Å². The average Bonchev–Trinajstić information content (AvgIpc) is 3.14. The van der Waals surface area contributed by atoms with E-state index < -0.39 is 0 Å². The molecule has 4 nitrogen and oxygen atoms in total. The number of anilines is 1. The van der Waals surface area contributed by atoms with Gasteiger partial charge in [-0.15, -0.1) is 0 Å². The van der Waals surface area contributed by atoms with E-state index in [0.717, 1.165) is 24.2 Å². The van der Waals surface area contributed by atoms with Gasteiger partial charge in [0.1, 0.15) is 5.82 Å². The highest BCUT2D eigenvalue weighted by atomic mass is 16.3. The van der Waals surface area contributed by atoms with Crippen molar-refractivity contribution in [2.24, 2.45) is 5.73 Å². The van der Waals surface area contributed by atoms with E-state index in [4.69, 9.17) is 10.7 Å². The molecule has 3 N–H and O–H groups in total. The number of hydrogen-bond donors (Lipinski definition) is 2. The van der Waals surface area contributed by atoms with Gasteiger partial charge in [0, 0.05) is 30.4 Å². The van der Waals surface area contributed by atoms with E-state index in [9.17, 15) is 5.11 Å². The number of rotatable bonds is 5. The van der Waals surface area contributed by atoms with Gasteiger partial charge in [-0.3, -0.25) is 0 Å². The predicted molar refractivity (Wildman–Crippen MR) is 80.8 cm³/mol. The van der Waals surface area contributed by atoms with Crippen LogP contribution in [0.5, 0.6) is 0 Å². The monoisotopic (exact) mass is 275 g/mol. The van der Waals surface area contributed by atoms with E-state index in [0.29, 0.717) is 19.1 Å². The lowest BCUT2D eigenvalue weighted by Crippen LogP contribution is -2.37. The van der Waals surface area contributed by atoms with Gasteiger partial charge >= 0.3 is 0 Å². The Morgan fingerprint density at radius 1 is 1.25 bits per heavy atom. The second-order valence-corrected chi connectivity index (χ2v) is 5.99. The third kappa shape index (κ3) is 2.54. The van der Waals surface area contributed by atoms with Crippen molar-refractivity contribution >= 4 is 5.82 Å². The topological polar surface area (TPSA) is 62.4 Å². The van der Waals surface area contributed by atoms with Gasteiger partial charge in [-0.2, -0.15) is 0 Å². The fourth-order valence-corrected chi connectivity index (χ4v) is 3.69. The zero-order valence-corrected chi connectivity index (χ0v) is 12.1. The molecular weight excluding hydrogens is 250 g/mol. The number of aromatic nitrogens is 1. The summed E-state index contributed by atoms with van der Waals surface area (Å²) in [5, 5.41) is 9.41. The highest BCUT2D eigenvalue weighted by molar-refractivity contribution is 5.52. The van der Waals surface area contributed by atoms with Crippen LogP contribution < -0.4 is 10.6 Å². The minimum Gasteiger partial charge on any atom is -0.395 e. The zero-order valence-electron chi connectivity index (χ0n) is 12.1. The first-order chi connectivity index (χ1) is 9.83. The first-order valence-corrected chi connectivity index (χ1v) is 7.92. The summed E-state index contributed by atoms with van der Waals surface area (Å²) in [6, 6.07) is 2.78. The van der Waals surface area contributed by atoms with Crippen molar-refractivity contribution in [1.29, 1.82) is 0 Å². The molecule has 0 aromatic carbocycles. The normalized spacial score (nSPS) is 18.5. The van der Waals surface area contributed by atoms with Gasteiger partial charge in [0.2, 0.25) is 0 Å². The molecule has 0 aliphatic heterocycles.